The summed E-state index contributed by atoms with van der Waals surface area (Å²) in [5, 5.41) is 3.85. The SMILES string of the molecule is CCOC(=O)C(NC(=O)c1ccc(OC)cc1)(Nc1cc(Cl)ccc1OC)C(F)(F)F. The number of rotatable bonds is 8. The average Bonchev–Trinajstić information content (AvgIpc) is 2.72. The van der Waals surface area contributed by atoms with E-state index >= 15 is 0 Å². The van der Waals surface area contributed by atoms with Crippen LogP contribution in [0.5, 0.6) is 11.5 Å². The van der Waals surface area contributed by atoms with Gasteiger partial charge in [-0.1, -0.05) is 11.6 Å². The van der Waals surface area contributed by atoms with Gasteiger partial charge in [-0.2, -0.15) is 13.2 Å². The van der Waals surface area contributed by atoms with Crippen molar-refractivity contribution in [2.45, 2.75) is 18.8 Å². The number of hydrogen-bond donors (Lipinski definition) is 2. The summed E-state index contributed by atoms with van der Waals surface area (Å²) in [4.78, 5) is 25.2. The van der Waals surface area contributed by atoms with Gasteiger partial charge in [-0.3, -0.25) is 4.79 Å². The molecule has 31 heavy (non-hydrogen) atoms. The van der Waals surface area contributed by atoms with E-state index in [1.54, 1.807) is 5.32 Å². The van der Waals surface area contributed by atoms with Gasteiger partial charge in [-0.15, -0.1) is 0 Å². The Bertz CT molecular complexity index is 937. The van der Waals surface area contributed by atoms with Gasteiger partial charge in [0.05, 0.1) is 26.5 Å². The quantitative estimate of drug-likeness (QED) is 0.457. The van der Waals surface area contributed by atoms with Gasteiger partial charge in [0.1, 0.15) is 11.5 Å². The first-order valence-electron chi connectivity index (χ1n) is 8.90. The number of esters is 1. The Balaban J connectivity index is 2.56. The second kappa shape index (κ2) is 9.78. The molecule has 0 fully saturated rings. The van der Waals surface area contributed by atoms with E-state index in [0.29, 0.717) is 5.75 Å². The maximum Gasteiger partial charge on any atom is 0.441 e. The van der Waals surface area contributed by atoms with E-state index in [-0.39, 0.29) is 28.6 Å². The van der Waals surface area contributed by atoms with Crippen LogP contribution in [0.25, 0.3) is 0 Å². The van der Waals surface area contributed by atoms with Crippen LogP contribution >= 0.6 is 11.6 Å². The molecule has 1 atom stereocenters. The third-order valence-electron chi connectivity index (χ3n) is 4.14. The Kier molecular flexibility index (Phi) is 7.61. The highest BCUT2D eigenvalue weighted by Crippen LogP contribution is 2.37. The molecular weight excluding hydrogens is 441 g/mol. The molecular formula is C20H20ClF3N2O5. The minimum absolute atomic E-state index is 0.0407. The van der Waals surface area contributed by atoms with Gasteiger partial charge < -0.3 is 24.8 Å². The lowest BCUT2D eigenvalue weighted by Crippen LogP contribution is -2.69. The smallest absolute Gasteiger partial charge is 0.441 e. The van der Waals surface area contributed by atoms with Crippen molar-refractivity contribution in [2.24, 2.45) is 0 Å². The van der Waals surface area contributed by atoms with Crippen molar-refractivity contribution in [3.8, 4) is 11.5 Å². The van der Waals surface area contributed by atoms with E-state index in [4.69, 9.17) is 21.1 Å². The highest BCUT2D eigenvalue weighted by atomic mass is 35.5. The van der Waals surface area contributed by atoms with Crippen LogP contribution in [0.2, 0.25) is 5.02 Å². The lowest BCUT2D eigenvalue weighted by atomic mass is 10.1. The Morgan fingerprint density at radius 3 is 2.19 bits per heavy atom. The average molecular weight is 461 g/mol. The molecule has 0 radical (unpaired) electrons. The van der Waals surface area contributed by atoms with Crippen LogP contribution in [-0.2, 0) is 9.53 Å². The van der Waals surface area contributed by atoms with Crippen LogP contribution in [0.4, 0.5) is 18.9 Å². The summed E-state index contributed by atoms with van der Waals surface area (Å²) < 4.78 is 57.5. The van der Waals surface area contributed by atoms with E-state index < -0.39 is 23.7 Å². The molecule has 0 aliphatic heterocycles. The van der Waals surface area contributed by atoms with E-state index in [9.17, 15) is 22.8 Å². The standard InChI is InChI=1S/C20H20ClF3N2O5/c1-4-31-18(28)19(20(22,23)24,25-15-11-13(21)7-10-16(15)30-3)26-17(27)12-5-8-14(29-2)9-6-12/h5-11,25H,4H2,1-3H3,(H,26,27). The molecule has 2 aromatic carbocycles. The number of halogens is 4. The fourth-order valence-electron chi connectivity index (χ4n) is 2.59. The zero-order valence-corrected chi connectivity index (χ0v) is 17.6. The minimum atomic E-state index is -5.31. The van der Waals surface area contributed by atoms with Gasteiger partial charge >= 0.3 is 17.8 Å². The van der Waals surface area contributed by atoms with Crippen LogP contribution in [0.15, 0.2) is 42.5 Å². The summed E-state index contributed by atoms with van der Waals surface area (Å²) in [6.07, 6.45) is -5.31. The molecule has 2 aromatic rings. The number of ether oxygens (including phenoxy) is 3. The van der Waals surface area contributed by atoms with Crippen LogP contribution in [0.1, 0.15) is 17.3 Å². The summed E-state index contributed by atoms with van der Waals surface area (Å²) in [6, 6.07) is 9.10. The van der Waals surface area contributed by atoms with Crippen molar-refractivity contribution < 1.29 is 37.0 Å². The molecule has 0 heterocycles. The molecule has 0 bridgehead atoms. The second-order valence-electron chi connectivity index (χ2n) is 6.12. The van der Waals surface area contributed by atoms with Gasteiger partial charge in [0.15, 0.2) is 0 Å². The number of anilines is 1. The maximum absolute atomic E-state index is 14.3. The van der Waals surface area contributed by atoms with Gasteiger partial charge in [0.2, 0.25) is 0 Å². The number of benzene rings is 2. The monoisotopic (exact) mass is 460 g/mol. The molecule has 1 unspecified atom stereocenters. The first kappa shape index (κ1) is 24.1. The molecule has 11 heteroatoms. The Labute approximate surface area is 181 Å². The van der Waals surface area contributed by atoms with Crippen molar-refractivity contribution in [3.63, 3.8) is 0 Å². The highest BCUT2D eigenvalue weighted by molar-refractivity contribution is 6.31. The Morgan fingerprint density at radius 2 is 1.68 bits per heavy atom. The Hall–Kier alpha value is -3.14. The first-order chi connectivity index (χ1) is 14.6. The molecule has 7 nitrogen and oxygen atoms in total. The Morgan fingerprint density at radius 1 is 1.03 bits per heavy atom. The fraction of sp³-hybridized carbons (Fsp3) is 0.300. The number of methoxy groups -OCH3 is 2. The predicted octanol–water partition coefficient (Wildman–Crippen LogP) is 4.02. The van der Waals surface area contributed by atoms with Crippen molar-refractivity contribution in [3.05, 3.63) is 53.1 Å². The van der Waals surface area contributed by atoms with Crippen LogP contribution in [-0.4, -0.2) is 44.5 Å². The molecule has 0 aliphatic rings. The molecule has 0 aromatic heterocycles. The van der Waals surface area contributed by atoms with E-state index in [0.717, 1.165) is 6.07 Å². The van der Waals surface area contributed by atoms with Crippen molar-refractivity contribution in [1.29, 1.82) is 0 Å². The van der Waals surface area contributed by atoms with Gasteiger partial charge in [-0.25, -0.2) is 4.79 Å². The lowest BCUT2D eigenvalue weighted by Gasteiger charge is -2.35. The summed E-state index contributed by atoms with van der Waals surface area (Å²) >= 11 is 5.90. The molecule has 0 spiro atoms. The molecule has 1 amide bonds. The van der Waals surface area contributed by atoms with Crippen LogP contribution in [0, 0.1) is 0 Å². The zero-order valence-electron chi connectivity index (χ0n) is 16.8. The van der Waals surface area contributed by atoms with E-state index in [2.05, 4.69) is 4.74 Å². The third kappa shape index (κ3) is 5.32. The normalized spacial score (nSPS) is 13.0. The zero-order chi connectivity index (χ0) is 23.2. The van der Waals surface area contributed by atoms with E-state index in [1.807, 2.05) is 5.32 Å². The number of nitrogens with one attached hydrogen (secondary N) is 2. The van der Waals surface area contributed by atoms with E-state index in [1.165, 1.54) is 57.5 Å². The number of amides is 1. The number of carbonyl (C=O) groups excluding carboxylic acids is 2. The number of alkyl halides is 3. The minimum Gasteiger partial charge on any atom is -0.497 e. The molecule has 0 saturated heterocycles. The fourth-order valence-corrected chi connectivity index (χ4v) is 2.77. The second-order valence-corrected chi connectivity index (χ2v) is 6.56. The summed E-state index contributed by atoms with van der Waals surface area (Å²) in [5.41, 5.74) is -4.05. The molecule has 0 saturated carbocycles. The van der Waals surface area contributed by atoms with Crippen molar-refractivity contribution in [1.82, 2.24) is 5.32 Å². The highest BCUT2D eigenvalue weighted by Gasteiger charge is 2.64. The van der Waals surface area contributed by atoms with Crippen LogP contribution in [0.3, 0.4) is 0 Å². The summed E-state index contributed by atoms with van der Waals surface area (Å²) in [6.45, 7) is 0.980. The summed E-state index contributed by atoms with van der Waals surface area (Å²) in [7, 11) is 2.62. The lowest BCUT2D eigenvalue weighted by molar-refractivity contribution is -0.204. The third-order valence-corrected chi connectivity index (χ3v) is 4.38. The molecule has 168 valence electrons. The van der Waals surface area contributed by atoms with Crippen molar-refractivity contribution >= 4 is 29.2 Å². The molecule has 0 aliphatic carbocycles. The molecule has 2 rings (SSSR count). The van der Waals surface area contributed by atoms with Crippen molar-refractivity contribution in [2.75, 3.05) is 26.1 Å². The van der Waals surface area contributed by atoms with Gasteiger partial charge in [0.25, 0.3) is 5.91 Å². The van der Waals surface area contributed by atoms with Gasteiger partial charge in [0, 0.05) is 10.6 Å². The number of carbonyl (C=O) groups is 2. The largest absolute Gasteiger partial charge is 0.497 e. The van der Waals surface area contributed by atoms with Crippen LogP contribution < -0.4 is 20.1 Å². The number of hydrogen-bond acceptors (Lipinski definition) is 6. The predicted molar refractivity (Wildman–Crippen MR) is 108 cm³/mol. The summed E-state index contributed by atoms with van der Waals surface area (Å²) in [5.74, 6) is -2.58. The molecule has 2 N–H and O–H groups in total. The first-order valence-corrected chi connectivity index (χ1v) is 9.28. The van der Waals surface area contributed by atoms with Gasteiger partial charge in [-0.05, 0) is 49.4 Å². The maximum atomic E-state index is 14.3. The topological polar surface area (TPSA) is 85.9 Å².